The lowest BCUT2D eigenvalue weighted by Crippen LogP contribution is -2.47. The minimum atomic E-state index is -0.350. The number of ether oxygens (including phenoxy) is 1. The summed E-state index contributed by atoms with van der Waals surface area (Å²) in [6.45, 7) is 2.58. The van der Waals surface area contributed by atoms with Crippen molar-refractivity contribution in [3.63, 3.8) is 0 Å². The molecule has 86 valence electrons. The Bertz CT molecular complexity index is 334. The second kappa shape index (κ2) is 5.63. The van der Waals surface area contributed by atoms with E-state index in [0.29, 0.717) is 19.7 Å². The zero-order chi connectivity index (χ0) is 11.2. The number of hydrogen-bond acceptors (Lipinski definition) is 3. The molecule has 1 aliphatic rings. The zero-order valence-corrected chi connectivity index (χ0v) is 9.11. The molecule has 1 fully saturated rings. The Balaban J connectivity index is 1.79. The summed E-state index contributed by atoms with van der Waals surface area (Å²) in [6.07, 6.45) is -0.350. The Morgan fingerprint density at radius 2 is 2.25 bits per heavy atom. The highest BCUT2D eigenvalue weighted by Gasteiger charge is 2.20. The average molecular weight is 220 g/mol. The van der Waals surface area contributed by atoms with Crippen molar-refractivity contribution in [1.29, 1.82) is 0 Å². The van der Waals surface area contributed by atoms with Gasteiger partial charge in [-0.15, -0.1) is 0 Å². The van der Waals surface area contributed by atoms with Crippen LogP contribution in [0.4, 0.5) is 0 Å². The number of carbonyl (C=O) groups excluding carboxylic acids is 1. The number of rotatable bonds is 3. The van der Waals surface area contributed by atoms with Gasteiger partial charge in [-0.25, -0.2) is 0 Å². The van der Waals surface area contributed by atoms with Crippen molar-refractivity contribution in [2.75, 3.05) is 19.7 Å². The number of amides is 1. The second-order valence-electron chi connectivity index (χ2n) is 3.77. The Hall–Kier alpha value is -1.39. The molecule has 2 N–H and O–H groups in total. The first-order valence-electron chi connectivity index (χ1n) is 5.50. The molecule has 16 heavy (non-hydrogen) atoms. The molecule has 2 rings (SSSR count). The summed E-state index contributed by atoms with van der Waals surface area (Å²) in [5.41, 5.74) is 1.10. The third-order valence-corrected chi connectivity index (χ3v) is 2.53. The van der Waals surface area contributed by atoms with E-state index in [4.69, 9.17) is 4.74 Å². The van der Waals surface area contributed by atoms with E-state index in [-0.39, 0.29) is 12.0 Å². The smallest absolute Gasteiger partial charge is 0.250 e. The minimum Gasteiger partial charge on any atom is -0.366 e. The molecule has 4 nitrogen and oxygen atoms in total. The van der Waals surface area contributed by atoms with Crippen molar-refractivity contribution in [2.45, 2.75) is 12.6 Å². The summed E-state index contributed by atoms with van der Waals surface area (Å²) >= 11 is 0. The quantitative estimate of drug-likeness (QED) is 0.770. The molecule has 0 bridgehead atoms. The van der Waals surface area contributed by atoms with Crippen molar-refractivity contribution >= 4 is 5.91 Å². The number of morpholine rings is 1. The van der Waals surface area contributed by atoms with E-state index in [2.05, 4.69) is 10.6 Å². The van der Waals surface area contributed by atoms with Gasteiger partial charge in [-0.05, 0) is 5.56 Å². The maximum absolute atomic E-state index is 11.7. The summed E-state index contributed by atoms with van der Waals surface area (Å²) in [4.78, 5) is 11.7. The molecule has 1 heterocycles. The van der Waals surface area contributed by atoms with E-state index in [1.54, 1.807) is 0 Å². The van der Waals surface area contributed by atoms with E-state index >= 15 is 0 Å². The van der Waals surface area contributed by atoms with Crippen molar-refractivity contribution in [2.24, 2.45) is 0 Å². The highest BCUT2D eigenvalue weighted by atomic mass is 16.5. The van der Waals surface area contributed by atoms with Crippen LogP contribution >= 0.6 is 0 Å². The van der Waals surface area contributed by atoms with Crippen LogP contribution in [-0.4, -0.2) is 31.7 Å². The van der Waals surface area contributed by atoms with Gasteiger partial charge in [0.15, 0.2) is 0 Å². The van der Waals surface area contributed by atoms with Crippen molar-refractivity contribution in [1.82, 2.24) is 10.6 Å². The monoisotopic (exact) mass is 220 g/mol. The molecular formula is C12H16N2O2. The van der Waals surface area contributed by atoms with Gasteiger partial charge in [-0.2, -0.15) is 0 Å². The van der Waals surface area contributed by atoms with Gasteiger partial charge in [0.1, 0.15) is 6.10 Å². The predicted molar refractivity (Wildman–Crippen MR) is 60.9 cm³/mol. The van der Waals surface area contributed by atoms with Crippen LogP contribution in [0.3, 0.4) is 0 Å². The molecule has 1 unspecified atom stereocenters. The summed E-state index contributed by atoms with van der Waals surface area (Å²) in [5.74, 6) is -0.0453. The highest BCUT2D eigenvalue weighted by Crippen LogP contribution is 2.00. The number of benzene rings is 1. The molecule has 0 spiro atoms. The first-order valence-corrected chi connectivity index (χ1v) is 5.50. The van der Waals surface area contributed by atoms with Crippen molar-refractivity contribution < 1.29 is 9.53 Å². The van der Waals surface area contributed by atoms with Gasteiger partial charge >= 0.3 is 0 Å². The van der Waals surface area contributed by atoms with Crippen LogP contribution in [0.5, 0.6) is 0 Å². The highest BCUT2D eigenvalue weighted by molar-refractivity contribution is 5.81. The van der Waals surface area contributed by atoms with Crippen LogP contribution in [0.15, 0.2) is 30.3 Å². The Labute approximate surface area is 95.0 Å². The molecule has 0 aliphatic carbocycles. The fourth-order valence-electron chi connectivity index (χ4n) is 1.63. The average Bonchev–Trinajstić information content (AvgIpc) is 2.38. The van der Waals surface area contributed by atoms with Gasteiger partial charge in [-0.3, -0.25) is 4.79 Å². The predicted octanol–water partition coefficient (Wildman–Crippen LogP) is 0.291. The van der Waals surface area contributed by atoms with Gasteiger partial charge in [0.05, 0.1) is 6.61 Å². The van der Waals surface area contributed by atoms with Gasteiger partial charge in [0.25, 0.3) is 5.91 Å². The second-order valence-corrected chi connectivity index (χ2v) is 3.77. The maximum Gasteiger partial charge on any atom is 0.250 e. The van der Waals surface area contributed by atoms with Gasteiger partial charge in [0.2, 0.25) is 0 Å². The van der Waals surface area contributed by atoms with Crippen molar-refractivity contribution in [3.05, 3.63) is 35.9 Å². The maximum atomic E-state index is 11.7. The molecule has 0 aromatic heterocycles. The molecule has 1 aromatic rings. The van der Waals surface area contributed by atoms with E-state index in [1.165, 1.54) is 0 Å². The fraction of sp³-hybridized carbons (Fsp3) is 0.417. The Kier molecular flexibility index (Phi) is 3.91. The lowest BCUT2D eigenvalue weighted by molar-refractivity contribution is -0.134. The van der Waals surface area contributed by atoms with E-state index in [9.17, 15) is 4.79 Å². The number of carbonyl (C=O) groups is 1. The van der Waals surface area contributed by atoms with Crippen molar-refractivity contribution in [3.8, 4) is 0 Å². The van der Waals surface area contributed by atoms with Gasteiger partial charge < -0.3 is 15.4 Å². The van der Waals surface area contributed by atoms with Gasteiger partial charge in [-0.1, -0.05) is 30.3 Å². The van der Waals surface area contributed by atoms with Crippen LogP contribution in [0.1, 0.15) is 5.56 Å². The fourth-order valence-corrected chi connectivity index (χ4v) is 1.63. The molecule has 1 amide bonds. The molecule has 1 atom stereocenters. The zero-order valence-electron chi connectivity index (χ0n) is 9.11. The first kappa shape index (κ1) is 11.1. The van der Waals surface area contributed by atoms with E-state index < -0.39 is 0 Å². The van der Waals surface area contributed by atoms with Crippen LogP contribution < -0.4 is 10.6 Å². The summed E-state index contributed by atoms with van der Waals surface area (Å²) in [5, 5.41) is 5.99. The molecule has 1 saturated heterocycles. The van der Waals surface area contributed by atoms with Crippen LogP contribution in [0, 0.1) is 0 Å². The number of nitrogens with one attached hydrogen (secondary N) is 2. The minimum absolute atomic E-state index is 0.0453. The molecule has 0 saturated carbocycles. The Morgan fingerprint density at radius 3 is 2.94 bits per heavy atom. The number of hydrogen-bond donors (Lipinski definition) is 2. The van der Waals surface area contributed by atoms with E-state index in [0.717, 1.165) is 12.1 Å². The third-order valence-electron chi connectivity index (χ3n) is 2.53. The van der Waals surface area contributed by atoms with Gasteiger partial charge in [0, 0.05) is 19.6 Å². The molecule has 0 radical (unpaired) electrons. The Morgan fingerprint density at radius 1 is 1.44 bits per heavy atom. The molecular weight excluding hydrogens is 204 g/mol. The SMILES string of the molecule is O=C(NCc1ccccc1)C1CNCCO1. The standard InChI is InChI=1S/C12H16N2O2/c15-12(11-9-13-6-7-16-11)14-8-10-4-2-1-3-5-10/h1-5,11,13H,6-9H2,(H,14,15). The normalized spacial score (nSPS) is 20.4. The summed E-state index contributed by atoms with van der Waals surface area (Å²) in [6, 6.07) is 9.85. The third kappa shape index (κ3) is 3.05. The topological polar surface area (TPSA) is 50.4 Å². The molecule has 1 aromatic carbocycles. The lowest BCUT2D eigenvalue weighted by atomic mass is 10.2. The van der Waals surface area contributed by atoms with Crippen LogP contribution in [0.25, 0.3) is 0 Å². The molecule has 1 aliphatic heterocycles. The molecule has 4 heteroatoms. The largest absolute Gasteiger partial charge is 0.366 e. The lowest BCUT2D eigenvalue weighted by Gasteiger charge is -2.22. The summed E-state index contributed by atoms with van der Waals surface area (Å²) < 4.78 is 5.35. The van der Waals surface area contributed by atoms with Crippen LogP contribution in [0.2, 0.25) is 0 Å². The van der Waals surface area contributed by atoms with E-state index in [1.807, 2.05) is 30.3 Å². The first-order chi connectivity index (χ1) is 7.86. The van der Waals surface area contributed by atoms with Crippen LogP contribution in [-0.2, 0) is 16.1 Å². The summed E-state index contributed by atoms with van der Waals surface area (Å²) in [7, 11) is 0.